The Balaban J connectivity index is 2.07. The quantitative estimate of drug-likeness (QED) is 0.414. The summed E-state index contributed by atoms with van der Waals surface area (Å²) < 4.78 is 30.7. The number of fused-ring (bicyclic) bond motifs is 3. The van der Waals surface area contributed by atoms with Crippen molar-refractivity contribution in [1.29, 1.82) is 0 Å². The number of hydrogen-bond acceptors (Lipinski definition) is 6. The highest BCUT2D eigenvalue weighted by Gasteiger charge is 2.22. The van der Waals surface area contributed by atoms with E-state index in [1.807, 2.05) is 0 Å². The molecule has 4 aromatic rings. The van der Waals surface area contributed by atoms with Crippen LogP contribution in [0.1, 0.15) is 5.56 Å². The minimum Gasteiger partial charge on any atom is -0.506 e. The molecule has 156 valence electrons. The Labute approximate surface area is 176 Å². The van der Waals surface area contributed by atoms with Crippen LogP contribution in [-0.4, -0.2) is 47.7 Å². The second-order valence-electron chi connectivity index (χ2n) is 6.54. The summed E-state index contributed by atoms with van der Waals surface area (Å²) in [6, 6.07) is 6.51. The lowest BCUT2D eigenvalue weighted by Gasteiger charge is -2.18. The summed E-state index contributed by atoms with van der Waals surface area (Å²) >= 11 is 6.11. The number of nitrogens with one attached hydrogen (secondary N) is 1. The molecule has 2 heterocycles. The van der Waals surface area contributed by atoms with E-state index in [1.54, 1.807) is 31.5 Å². The van der Waals surface area contributed by atoms with Gasteiger partial charge in [0, 0.05) is 34.4 Å². The lowest BCUT2D eigenvalue weighted by atomic mass is 9.96. The van der Waals surface area contributed by atoms with Crippen LogP contribution in [0.15, 0.2) is 30.5 Å². The molecule has 2 aromatic carbocycles. The number of H-pyrrole nitrogens is 1. The molecule has 0 aliphatic carbocycles. The van der Waals surface area contributed by atoms with E-state index in [9.17, 15) is 9.50 Å². The molecule has 0 aliphatic rings. The first-order valence-corrected chi connectivity index (χ1v) is 9.50. The van der Waals surface area contributed by atoms with E-state index < -0.39 is 6.67 Å². The number of aromatic hydroxyl groups is 1. The van der Waals surface area contributed by atoms with Crippen molar-refractivity contribution in [3.8, 4) is 28.5 Å². The van der Waals surface area contributed by atoms with Crippen molar-refractivity contribution in [3.63, 3.8) is 0 Å². The van der Waals surface area contributed by atoms with Crippen molar-refractivity contribution in [2.75, 3.05) is 27.4 Å². The van der Waals surface area contributed by atoms with Crippen molar-refractivity contribution in [2.45, 2.75) is 6.67 Å². The van der Waals surface area contributed by atoms with Gasteiger partial charge in [-0.15, -0.1) is 0 Å². The van der Waals surface area contributed by atoms with Gasteiger partial charge in [0.2, 0.25) is 0 Å². The maximum atomic E-state index is 14.4. The van der Waals surface area contributed by atoms with Crippen LogP contribution >= 0.6 is 11.6 Å². The molecule has 4 rings (SSSR count). The molecular formula is C21H19ClFN3O4. The smallest absolute Gasteiger partial charge is 0.167 e. The molecular weight excluding hydrogens is 413 g/mol. The maximum Gasteiger partial charge on any atom is 0.167 e. The Bertz CT molecular complexity index is 1230. The standard InChI is InChI=1S/C21H19ClFN3O4/c1-28-5-6-30-17-8-12-14-10-24-26-21(14)25-19(11-3-4-16(27)15(22)7-11)18(12)13(9-23)20(17)29-2/h3-4,7-8,10,27H,5-6,9H2,1-2H3,(H,24,25,26). The molecule has 0 spiro atoms. The molecule has 0 saturated carbocycles. The molecule has 0 saturated heterocycles. The van der Waals surface area contributed by atoms with Crippen LogP contribution in [0.2, 0.25) is 5.02 Å². The Morgan fingerprint density at radius 1 is 1.17 bits per heavy atom. The normalized spacial score (nSPS) is 11.3. The number of aromatic amines is 1. The number of alkyl halides is 1. The SMILES string of the molecule is COCCOc1cc2c(c(-c3ccc(O)c(Cl)c3)nc3[nH]ncc32)c(CF)c1OC. The highest BCUT2D eigenvalue weighted by Crippen LogP contribution is 2.44. The van der Waals surface area contributed by atoms with Gasteiger partial charge in [0.05, 0.1) is 30.6 Å². The van der Waals surface area contributed by atoms with Crippen LogP contribution < -0.4 is 9.47 Å². The number of phenolic OH excluding ortho intramolecular Hbond substituents is 1. The molecule has 0 bridgehead atoms. The summed E-state index contributed by atoms with van der Waals surface area (Å²) in [6.45, 7) is -0.143. The monoisotopic (exact) mass is 431 g/mol. The second kappa shape index (κ2) is 8.33. The third kappa shape index (κ3) is 3.38. The zero-order chi connectivity index (χ0) is 21.3. The van der Waals surface area contributed by atoms with Gasteiger partial charge in [-0.25, -0.2) is 9.37 Å². The zero-order valence-corrected chi connectivity index (χ0v) is 17.1. The highest BCUT2D eigenvalue weighted by molar-refractivity contribution is 6.32. The van der Waals surface area contributed by atoms with Crippen LogP contribution in [0.25, 0.3) is 33.1 Å². The number of halogens is 2. The number of nitrogens with zero attached hydrogens (tertiary/aromatic N) is 2. The minimum absolute atomic E-state index is 0.0514. The van der Waals surface area contributed by atoms with Crippen LogP contribution in [0.4, 0.5) is 4.39 Å². The molecule has 0 aliphatic heterocycles. The number of benzene rings is 2. The summed E-state index contributed by atoms with van der Waals surface area (Å²) in [6.07, 6.45) is 1.63. The number of methoxy groups -OCH3 is 2. The van der Waals surface area contributed by atoms with Crippen molar-refractivity contribution >= 4 is 33.4 Å². The van der Waals surface area contributed by atoms with Crippen LogP contribution in [-0.2, 0) is 11.4 Å². The number of aromatic nitrogens is 3. The Hall–Kier alpha value is -3.10. The Morgan fingerprint density at radius 2 is 2.00 bits per heavy atom. The van der Waals surface area contributed by atoms with Gasteiger partial charge in [0.25, 0.3) is 0 Å². The molecule has 7 nitrogen and oxygen atoms in total. The maximum absolute atomic E-state index is 14.4. The minimum atomic E-state index is -0.801. The first kappa shape index (κ1) is 20.2. The van der Waals surface area contributed by atoms with E-state index >= 15 is 0 Å². The fourth-order valence-electron chi connectivity index (χ4n) is 3.46. The Morgan fingerprint density at radius 3 is 2.70 bits per heavy atom. The summed E-state index contributed by atoms with van der Waals surface area (Å²) in [5, 5.41) is 18.9. The van der Waals surface area contributed by atoms with Gasteiger partial charge in [-0.2, -0.15) is 5.10 Å². The Kier molecular flexibility index (Phi) is 5.61. The van der Waals surface area contributed by atoms with Crippen LogP contribution in [0.5, 0.6) is 17.2 Å². The van der Waals surface area contributed by atoms with Crippen molar-refractivity contribution in [3.05, 3.63) is 41.0 Å². The van der Waals surface area contributed by atoms with E-state index in [4.69, 9.17) is 25.8 Å². The highest BCUT2D eigenvalue weighted by atomic mass is 35.5. The summed E-state index contributed by atoms with van der Waals surface area (Å²) in [7, 11) is 3.04. The van der Waals surface area contributed by atoms with E-state index in [0.717, 1.165) is 0 Å². The first-order chi connectivity index (χ1) is 14.6. The molecule has 2 aromatic heterocycles. The molecule has 0 amide bonds. The lowest BCUT2D eigenvalue weighted by molar-refractivity contribution is 0.144. The van der Waals surface area contributed by atoms with Gasteiger partial charge in [-0.05, 0) is 24.3 Å². The zero-order valence-electron chi connectivity index (χ0n) is 16.3. The lowest BCUT2D eigenvalue weighted by Crippen LogP contribution is -2.07. The average Bonchev–Trinajstić information content (AvgIpc) is 3.23. The number of rotatable bonds is 7. The second-order valence-corrected chi connectivity index (χ2v) is 6.95. The first-order valence-electron chi connectivity index (χ1n) is 9.12. The van der Waals surface area contributed by atoms with Crippen molar-refractivity contribution in [2.24, 2.45) is 0 Å². The molecule has 0 radical (unpaired) electrons. The largest absolute Gasteiger partial charge is 0.506 e. The van der Waals surface area contributed by atoms with E-state index in [0.29, 0.717) is 51.0 Å². The predicted molar refractivity (Wildman–Crippen MR) is 112 cm³/mol. The van der Waals surface area contributed by atoms with E-state index in [-0.39, 0.29) is 23.1 Å². The third-order valence-electron chi connectivity index (χ3n) is 4.82. The van der Waals surface area contributed by atoms with Gasteiger partial charge >= 0.3 is 0 Å². The van der Waals surface area contributed by atoms with Gasteiger partial charge in [0.15, 0.2) is 17.1 Å². The molecule has 30 heavy (non-hydrogen) atoms. The predicted octanol–water partition coefficient (Wildman–Crippen LogP) is 4.64. The number of phenols is 1. The van der Waals surface area contributed by atoms with Crippen LogP contribution in [0.3, 0.4) is 0 Å². The van der Waals surface area contributed by atoms with Gasteiger partial charge < -0.3 is 19.3 Å². The van der Waals surface area contributed by atoms with Crippen molar-refractivity contribution in [1.82, 2.24) is 15.2 Å². The molecule has 0 fully saturated rings. The third-order valence-corrected chi connectivity index (χ3v) is 5.12. The molecule has 2 N–H and O–H groups in total. The van der Waals surface area contributed by atoms with Crippen LogP contribution in [0, 0.1) is 0 Å². The van der Waals surface area contributed by atoms with Gasteiger partial charge in [0.1, 0.15) is 19.0 Å². The number of hydrogen-bond donors (Lipinski definition) is 2. The summed E-state index contributed by atoms with van der Waals surface area (Å²) in [5.74, 6) is 0.638. The molecule has 0 atom stereocenters. The number of pyridine rings is 1. The summed E-state index contributed by atoms with van der Waals surface area (Å²) in [4.78, 5) is 4.65. The fourth-order valence-corrected chi connectivity index (χ4v) is 3.64. The molecule has 9 heteroatoms. The topological polar surface area (TPSA) is 89.5 Å². The fraction of sp³-hybridized carbons (Fsp3) is 0.238. The van der Waals surface area contributed by atoms with E-state index in [1.165, 1.54) is 13.2 Å². The summed E-state index contributed by atoms with van der Waals surface area (Å²) in [5.41, 5.74) is 1.93. The van der Waals surface area contributed by atoms with E-state index in [2.05, 4.69) is 15.2 Å². The van der Waals surface area contributed by atoms with Crippen molar-refractivity contribution < 1.29 is 23.7 Å². The average molecular weight is 432 g/mol. The number of ether oxygens (including phenoxy) is 3. The molecule has 0 unspecified atom stereocenters. The van der Waals surface area contributed by atoms with Gasteiger partial charge in [-0.1, -0.05) is 11.6 Å². The van der Waals surface area contributed by atoms with Gasteiger partial charge in [-0.3, -0.25) is 5.10 Å².